The van der Waals surface area contributed by atoms with Gasteiger partial charge in [-0.2, -0.15) is 0 Å². The van der Waals surface area contributed by atoms with Crippen molar-refractivity contribution >= 4 is 61.7 Å². The van der Waals surface area contributed by atoms with Crippen LogP contribution in [0, 0.1) is 0 Å². The molecule has 0 spiro atoms. The molecular formula is HCaI3. The summed E-state index contributed by atoms with van der Waals surface area (Å²) >= 11 is 0. The van der Waals surface area contributed by atoms with Gasteiger partial charge in [0.2, 0.25) is 0 Å². The number of hydrogen-bond donors (Lipinski definition) is 0. The van der Waals surface area contributed by atoms with E-state index >= 15 is 0 Å². The standard InChI is InChI=1S/Ca.3HI/h;3*1H/q+2;;;/p-2. The molecule has 0 saturated heterocycles. The Hall–Kier alpha value is 3.45. The summed E-state index contributed by atoms with van der Waals surface area (Å²) in [5, 5.41) is 0. The summed E-state index contributed by atoms with van der Waals surface area (Å²) in [7, 11) is 0. The van der Waals surface area contributed by atoms with Gasteiger partial charge in [-0.15, -0.1) is 24.0 Å². The zero-order chi connectivity index (χ0) is 0. The van der Waals surface area contributed by atoms with Crippen molar-refractivity contribution in [2.45, 2.75) is 0 Å². The Bertz CT molecular complexity index is 3.25. The van der Waals surface area contributed by atoms with Gasteiger partial charge in [-0.3, -0.25) is 0 Å². The van der Waals surface area contributed by atoms with Gasteiger partial charge >= 0.3 is 37.7 Å². The van der Waals surface area contributed by atoms with E-state index in [-0.39, 0.29) is 110 Å². The molecule has 0 nitrogen and oxygen atoms in total. The molecule has 0 N–H and O–H groups in total. The molecule has 0 aromatic heterocycles. The first kappa shape index (κ1) is 26.0. The van der Waals surface area contributed by atoms with Crippen molar-refractivity contribution in [2.75, 3.05) is 0 Å². The molecule has 0 radical (unpaired) electrons. The van der Waals surface area contributed by atoms with Crippen LogP contribution in [0.5, 0.6) is 0 Å². The van der Waals surface area contributed by atoms with E-state index in [9.17, 15) is 0 Å². The molecule has 0 saturated carbocycles. The molecule has 0 aromatic carbocycles. The fourth-order valence-corrected chi connectivity index (χ4v) is 0. The van der Waals surface area contributed by atoms with Crippen LogP contribution in [0.2, 0.25) is 0 Å². The molecule has 0 aromatic rings. The molecule has 0 amide bonds. The smallest absolute Gasteiger partial charge is 1.00 e. The van der Waals surface area contributed by atoms with Gasteiger partial charge in [-0.1, -0.05) is 0 Å². The maximum absolute atomic E-state index is 0. The molecule has 0 unspecified atom stereocenters. The van der Waals surface area contributed by atoms with Gasteiger partial charge in [0.25, 0.3) is 0 Å². The van der Waals surface area contributed by atoms with Crippen LogP contribution in [0.1, 0.15) is 0 Å². The molecule has 0 bridgehead atoms. The van der Waals surface area contributed by atoms with Crippen LogP contribution in [-0.4, -0.2) is 37.7 Å². The Morgan fingerprint density at radius 2 is 0.750 bits per heavy atom. The predicted octanol–water partition coefficient (Wildman–Crippen LogP) is -5.75. The first-order chi connectivity index (χ1) is 0. The van der Waals surface area contributed by atoms with Crippen LogP contribution < -0.4 is 48.0 Å². The Balaban J connectivity index is 0. The largest absolute Gasteiger partial charge is 2.00 e. The van der Waals surface area contributed by atoms with Crippen molar-refractivity contribution in [3.63, 3.8) is 0 Å². The summed E-state index contributed by atoms with van der Waals surface area (Å²) in [6.45, 7) is 0. The molecule has 0 fully saturated rings. The van der Waals surface area contributed by atoms with Crippen LogP contribution in [-0.2, 0) is 0 Å². The normalized spacial score (nSPS) is 0. The average molecular weight is 422 g/mol. The van der Waals surface area contributed by atoms with Gasteiger partial charge in [0.15, 0.2) is 0 Å². The SMILES string of the molecule is I.[Ca+2].[I-].[I-]. The molecule has 0 aliphatic rings. The minimum Gasteiger partial charge on any atom is -1.00 e. The van der Waals surface area contributed by atoms with E-state index in [1.165, 1.54) is 0 Å². The average Bonchev–Trinajstić information content (AvgIpc) is 0. The van der Waals surface area contributed by atoms with Crippen molar-refractivity contribution in [1.82, 2.24) is 0 Å². The molecular weight excluding hydrogens is 421 g/mol. The van der Waals surface area contributed by atoms with Crippen molar-refractivity contribution in [2.24, 2.45) is 0 Å². The Morgan fingerprint density at radius 3 is 0.750 bits per heavy atom. The van der Waals surface area contributed by atoms with Crippen LogP contribution in [0.4, 0.5) is 0 Å². The topological polar surface area (TPSA) is 0 Å². The Kier molecular flexibility index (Phi) is 105. The van der Waals surface area contributed by atoms with Gasteiger partial charge in [-0.05, 0) is 0 Å². The summed E-state index contributed by atoms with van der Waals surface area (Å²) in [4.78, 5) is 0. The Labute approximate surface area is 107 Å². The number of rotatable bonds is 0. The third-order valence-corrected chi connectivity index (χ3v) is 0. The van der Waals surface area contributed by atoms with Crippen LogP contribution in [0.15, 0.2) is 0 Å². The quantitative estimate of drug-likeness (QED) is 0.270. The van der Waals surface area contributed by atoms with Crippen molar-refractivity contribution in [3.05, 3.63) is 0 Å². The minimum atomic E-state index is 0. The van der Waals surface area contributed by atoms with Gasteiger partial charge < -0.3 is 48.0 Å². The Morgan fingerprint density at radius 1 is 0.750 bits per heavy atom. The van der Waals surface area contributed by atoms with Crippen LogP contribution in [0.3, 0.4) is 0 Å². The molecule has 0 aliphatic carbocycles. The van der Waals surface area contributed by atoms with Crippen molar-refractivity contribution in [3.8, 4) is 0 Å². The first-order valence-electron chi connectivity index (χ1n) is 0. The molecule has 24 valence electrons. The van der Waals surface area contributed by atoms with Crippen molar-refractivity contribution in [1.29, 1.82) is 0 Å². The second-order valence-corrected chi connectivity index (χ2v) is 0. The first-order valence-corrected chi connectivity index (χ1v) is 0. The monoisotopic (exact) mass is 422 g/mol. The molecule has 4 heavy (non-hydrogen) atoms. The third-order valence-electron chi connectivity index (χ3n) is 0. The van der Waals surface area contributed by atoms with E-state index < -0.39 is 0 Å². The van der Waals surface area contributed by atoms with Gasteiger partial charge in [0.05, 0.1) is 0 Å². The van der Waals surface area contributed by atoms with E-state index in [0.717, 1.165) is 0 Å². The zero-order valence-corrected chi connectivity index (χ0v) is 10.7. The van der Waals surface area contributed by atoms with E-state index in [1.807, 2.05) is 0 Å². The zero-order valence-electron chi connectivity index (χ0n) is 1.87. The van der Waals surface area contributed by atoms with Gasteiger partial charge in [0.1, 0.15) is 0 Å². The van der Waals surface area contributed by atoms with E-state index in [4.69, 9.17) is 0 Å². The van der Waals surface area contributed by atoms with Crippen LogP contribution >= 0.6 is 24.0 Å². The molecule has 4 heteroatoms. The summed E-state index contributed by atoms with van der Waals surface area (Å²) in [5.74, 6) is 0. The fourth-order valence-electron chi connectivity index (χ4n) is 0. The summed E-state index contributed by atoms with van der Waals surface area (Å²) in [6.07, 6.45) is 0. The molecule has 0 heterocycles. The van der Waals surface area contributed by atoms with E-state index in [2.05, 4.69) is 0 Å². The van der Waals surface area contributed by atoms with Crippen LogP contribution in [0.25, 0.3) is 0 Å². The maximum atomic E-state index is 0. The van der Waals surface area contributed by atoms with E-state index in [0.29, 0.717) is 0 Å². The predicted molar refractivity (Wildman–Crippen MR) is 21.2 cm³/mol. The van der Waals surface area contributed by atoms with Gasteiger partial charge in [0, 0.05) is 0 Å². The third kappa shape index (κ3) is 9.07. The molecule has 0 rings (SSSR count). The summed E-state index contributed by atoms with van der Waals surface area (Å²) in [5.41, 5.74) is 0. The fraction of sp³-hybridized carbons (Fsp3) is 0. The number of hydrogen-bond acceptors (Lipinski definition) is 0. The molecule has 0 aliphatic heterocycles. The minimum absolute atomic E-state index is 0. The second-order valence-electron chi connectivity index (χ2n) is 0. The van der Waals surface area contributed by atoms with Gasteiger partial charge in [-0.25, -0.2) is 0 Å². The summed E-state index contributed by atoms with van der Waals surface area (Å²) < 4.78 is 0. The number of halogens is 3. The molecule has 0 atom stereocenters. The maximum Gasteiger partial charge on any atom is 2.00 e. The van der Waals surface area contributed by atoms with Crippen molar-refractivity contribution < 1.29 is 48.0 Å². The summed E-state index contributed by atoms with van der Waals surface area (Å²) in [6, 6.07) is 0. The second kappa shape index (κ2) is 16.1. The van der Waals surface area contributed by atoms with E-state index in [1.54, 1.807) is 0 Å².